The molecule has 0 spiro atoms. The van der Waals surface area contributed by atoms with Gasteiger partial charge in [0.25, 0.3) is 5.56 Å². The maximum absolute atomic E-state index is 12.3. The van der Waals surface area contributed by atoms with Gasteiger partial charge in [-0.05, 0) is 31.4 Å². The fourth-order valence-electron chi connectivity index (χ4n) is 2.27. The highest BCUT2D eigenvalue weighted by Crippen LogP contribution is 2.18. The van der Waals surface area contributed by atoms with Gasteiger partial charge in [0.1, 0.15) is 0 Å². The first-order valence-electron chi connectivity index (χ1n) is 6.92. The van der Waals surface area contributed by atoms with E-state index in [1.165, 1.54) is 12.8 Å². The van der Waals surface area contributed by atoms with E-state index in [2.05, 4.69) is 17.3 Å². The molecule has 1 aromatic carbocycles. The average molecular weight is 257 g/mol. The van der Waals surface area contributed by atoms with Crippen LogP contribution >= 0.6 is 0 Å². The number of rotatable bonds is 5. The summed E-state index contributed by atoms with van der Waals surface area (Å²) in [7, 11) is 0. The summed E-state index contributed by atoms with van der Waals surface area (Å²) in [6, 6.07) is 8.32. The maximum atomic E-state index is 12.3. The van der Waals surface area contributed by atoms with Crippen LogP contribution in [0.4, 0.5) is 0 Å². The smallest absolute Gasteiger partial charge is 0.274 e. The number of aromatic nitrogens is 2. The predicted molar refractivity (Wildman–Crippen MR) is 76.2 cm³/mol. The lowest BCUT2D eigenvalue weighted by Gasteiger charge is -2.13. The highest BCUT2D eigenvalue weighted by atomic mass is 16.1. The molecule has 1 N–H and O–H groups in total. The Morgan fingerprint density at radius 3 is 3.00 bits per heavy atom. The van der Waals surface area contributed by atoms with Crippen LogP contribution in [0.25, 0.3) is 10.8 Å². The molecule has 1 atom stereocenters. The first kappa shape index (κ1) is 12.4. The van der Waals surface area contributed by atoms with Gasteiger partial charge >= 0.3 is 0 Å². The Morgan fingerprint density at radius 1 is 1.42 bits per heavy atom. The van der Waals surface area contributed by atoms with Crippen LogP contribution in [0.5, 0.6) is 0 Å². The van der Waals surface area contributed by atoms with Crippen LogP contribution in [0.1, 0.15) is 19.8 Å². The van der Waals surface area contributed by atoms with Crippen molar-refractivity contribution in [3.05, 3.63) is 40.8 Å². The molecule has 1 aliphatic rings. The molecule has 1 unspecified atom stereocenters. The molecule has 0 amide bonds. The van der Waals surface area contributed by atoms with E-state index in [9.17, 15) is 4.79 Å². The van der Waals surface area contributed by atoms with Gasteiger partial charge in [-0.1, -0.05) is 25.1 Å². The fraction of sp³-hybridized carbons (Fsp3) is 0.467. The minimum atomic E-state index is 0.0105. The summed E-state index contributed by atoms with van der Waals surface area (Å²) >= 11 is 0. The Morgan fingerprint density at radius 2 is 2.21 bits per heavy atom. The number of hydrogen-bond donors (Lipinski definition) is 1. The van der Waals surface area contributed by atoms with Gasteiger partial charge in [0.2, 0.25) is 0 Å². The van der Waals surface area contributed by atoms with Crippen LogP contribution in [0, 0.1) is 5.92 Å². The highest BCUT2D eigenvalue weighted by Gasteiger charge is 2.21. The normalized spacial score (nSPS) is 16.7. The van der Waals surface area contributed by atoms with Crippen molar-refractivity contribution < 1.29 is 0 Å². The van der Waals surface area contributed by atoms with Crippen LogP contribution in [0.3, 0.4) is 0 Å². The molecule has 3 rings (SSSR count). The molecule has 0 bridgehead atoms. The van der Waals surface area contributed by atoms with E-state index < -0.39 is 0 Å². The summed E-state index contributed by atoms with van der Waals surface area (Å²) < 4.78 is 1.58. The molecular weight excluding hydrogens is 238 g/mol. The lowest BCUT2D eigenvalue weighted by molar-refractivity contribution is 0.411. The number of fused-ring (bicyclic) bond motifs is 1. The SMILES string of the molecule is CC(CNC1CC1)Cn1ncc2ccccc2c1=O. The van der Waals surface area contributed by atoms with Crippen molar-refractivity contribution >= 4 is 10.8 Å². The van der Waals surface area contributed by atoms with E-state index in [-0.39, 0.29) is 5.56 Å². The Bertz CT molecular complexity index is 631. The van der Waals surface area contributed by atoms with E-state index in [0.29, 0.717) is 18.5 Å². The zero-order valence-electron chi connectivity index (χ0n) is 11.2. The Kier molecular flexibility index (Phi) is 3.34. The predicted octanol–water partition coefficient (Wildman–Crippen LogP) is 1.78. The second kappa shape index (κ2) is 5.13. The summed E-state index contributed by atoms with van der Waals surface area (Å²) in [5.41, 5.74) is 0.0105. The highest BCUT2D eigenvalue weighted by molar-refractivity contribution is 5.80. The number of benzene rings is 1. The minimum absolute atomic E-state index is 0.0105. The van der Waals surface area contributed by atoms with Gasteiger partial charge < -0.3 is 5.32 Å². The Hall–Kier alpha value is -1.68. The average Bonchev–Trinajstić information content (AvgIpc) is 3.24. The summed E-state index contributed by atoms with van der Waals surface area (Å²) in [5.74, 6) is 0.409. The zero-order chi connectivity index (χ0) is 13.2. The van der Waals surface area contributed by atoms with Crippen LogP contribution in [-0.2, 0) is 6.54 Å². The largest absolute Gasteiger partial charge is 0.314 e. The quantitative estimate of drug-likeness (QED) is 0.888. The van der Waals surface area contributed by atoms with Gasteiger partial charge in [-0.15, -0.1) is 0 Å². The Labute approximate surface area is 112 Å². The van der Waals surface area contributed by atoms with Crippen LogP contribution in [0.2, 0.25) is 0 Å². The molecule has 0 aliphatic heterocycles. The monoisotopic (exact) mass is 257 g/mol. The third-order valence-corrected chi connectivity index (χ3v) is 3.58. The second-order valence-electron chi connectivity index (χ2n) is 5.51. The molecule has 1 saturated carbocycles. The standard InChI is InChI=1S/C15H19N3O/c1-11(8-16-13-6-7-13)10-18-15(19)14-5-3-2-4-12(14)9-17-18/h2-5,9,11,13,16H,6-8,10H2,1H3. The van der Waals surface area contributed by atoms with E-state index in [4.69, 9.17) is 0 Å². The lowest BCUT2D eigenvalue weighted by Crippen LogP contribution is -2.31. The first-order valence-corrected chi connectivity index (χ1v) is 6.92. The van der Waals surface area contributed by atoms with E-state index in [1.807, 2.05) is 24.3 Å². The fourth-order valence-corrected chi connectivity index (χ4v) is 2.27. The van der Waals surface area contributed by atoms with Crippen molar-refractivity contribution in [3.8, 4) is 0 Å². The summed E-state index contributed by atoms with van der Waals surface area (Å²) in [6.45, 7) is 3.77. The molecule has 19 heavy (non-hydrogen) atoms. The molecule has 1 heterocycles. The third kappa shape index (κ3) is 2.84. The lowest BCUT2D eigenvalue weighted by atomic mass is 10.1. The van der Waals surface area contributed by atoms with Gasteiger partial charge in [-0.3, -0.25) is 4.79 Å². The summed E-state index contributed by atoms with van der Waals surface area (Å²) in [6.07, 6.45) is 4.36. The molecule has 1 aliphatic carbocycles. The molecule has 1 aromatic heterocycles. The third-order valence-electron chi connectivity index (χ3n) is 3.58. The number of nitrogens with one attached hydrogen (secondary N) is 1. The van der Waals surface area contributed by atoms with Gasteiger partial charge in [0, 0.05) is 18.0 Å². The van der Waals surface area contributed by atoms with Crippen LogP contribution < -0.4 is 10.9 Å². The maximum Gasteiger partial charge on any atom is 0.274 e. The van der Waals surface area contributed by atoms with Gasteiger partial charge in [-0.25, -0.2) is 4.68 Å². The molecule has 100 valence electrons. The first-order chi connectivity index (χ1) is 9.24. The molecule has 4 heteroatoms. The van der Waals surface area contributed by atoms with Crippen LogP contribution in [-0.4, -0.2) is 22.4 Å². The molecule has 2 aromatic rings. The van der Waals surface area contributed by atoms with Gasteiger partial charge in [-0.2, -0.15) is 5.10 Å². The molecule has 0 radical (unpaired) electrons. The summed E-state index contributed by atoms with van der Waals surface area (Å²) in [4.78, 5) is 12.3. The van der Waals surface area contributed by atoms with Crippen molar-refractivity contribution in [2.45, 2.75) is 32.4 Å². The van der Waals surface area contributed by atoms with Crippen molar-refractivity contribution in [3.63, 3.8) is 0 Å². The molecule has 1 fully saturated rings. The zero-order valence-corrected chi connectivity index (χ0v) is 11.2. The van der Waals surface area contributed by atoms with Crippen molar-refractivity contribution in [2.24, 2.45) is 5.92 Å². The molecular formula is C15H19N3O. The Balaban J connectivity index is 1.76. The minimum Gasteiger partial charge on any atom is -0.314 e. The number of nitrogens with zero attached hydrogens (tertiary/aromatic N) is 2. The topological polar surface area (TPSA) is 46.9 Å². The van der Waals surface area contributed by atoms with Crippen molar-refractivity contribution in [1.82, 2.24) is 15.1 Å². The van der Waals surface area contributed by atoms with Crippen molar-refractivity contribution in [2.75, 3.05) is 6.54 Å². The van der Waals surface area contributed by atoms with E-state index in [0.717, 1.165) is 17.3 Å². The van der Waals surface area contributed by atoms with E-state index in [1.54, 1.807) is 10.9 Å². The van der Waals surface area contributed by atoms with Crippen LogP contribution in [0.15, 0.2) is 35.3 Å². The van der Waals surface area contributed by atoms with E-state index >= 15 is 0 Å². The second-order valence-corrected chi connectivity index (χ2v) is 5.51. The van der Waals surface area contributed by atoms with Gasteiger partial charge in [0.05, 0.1) is 11.6 Å². The summed E-state index contributed by atoms with van der Waals surface area (Å²) in [5, 5.41) is 9.42. The molecule has 0 saturated heterocycles. The van der Waals surface area contributed by atoms with Gasteiger partial charge in [0.15, 0.2) is 0 Å². The number of hydrogen-bond acceptors (Lipinski definition) is 3. The van der Waals surface area contributed by atoms with Crippen molar-refractivity contribution in [1.29, 1.82) is 0 Å². The molecule has 4 nitrogen and oxygen atoms in total.